The number of methoxy groups -OCH3 is 1. The molecule has 1 N–H and O–H groups in total. The maximum absolute atomic E-state index is 12.6. The van der Waals surface area contributed by atoms with Gasteiger partial charge in [0.15, 0.2) is 0 Å². The molecule has 5 heteroatoms. The molecule has 0 radical (unpaired) electrons. The Hall–Kier alpha value is -2.66. The number of esters is 1. The number of aryl methyl sites for hydroxylation is 1. The molecule has 1 aliphatic heterocycles. The molecule has 1 unspecified atom stereocenters. The number of amides is 1. The number of benzene rings is 2. The number of hydrogen-bond donors (Lipinski definition) is 1. The van der Waals surface area contributed by atoms with Crippen molar-refractivity contribution in [1.29, 1.82) is 0 Å². The number of likely N-dealkylation sites (tertiary alicyclic amines) is 1. The molecule has 27 heavy (non-hydrogen) atoms. The third kappa shape index (κ3) is 4.74. The lowest BCUT2D eigenvalue weighted by molar-refractivity contribution is 0.0600. The molecule has 0 bridgehead atoms. The highest BCUT2D eigenvalue weighted by atomic mass is 16.5. The van der Waals surface area contributed by atoms with E-state index in [2.05, 4.69) is 46.1 Å². The maximum Gasteiger partial charge on any atom is 0.337 e. The molecule has 1 saturated heterocycles. The van der Waals surface area contributed by atoms with Gasteiger partial charge in [-0.3, -0.25) is 9.69 Å². The summed E-state index contributed by atoms with van der Waals surface area (Å²) in [6.07, 6.45) is 2.40. The van der Waals surface area contributed by atoms with Gasteiger partial charge in [-0.05, 0) is 62.7 Å². The molecular formula is C22H26N2O3. The normalized spacial score (nSPS) is 15.3. The van der Waals surface area contributed by atoms with E-state index in [4.69, 9.17) is 0 Å². The van der Waals surface area contributed by atoms with E-state index < -0.39 is 5.97 Å². The number of ether oxygens (including phenoxy) is 1. The summed E-state index contributed by atoms with van der Waals surface area (Å²) in [7, 11) is 1.34. The van der Waals surface area contributed by atoms with E-state index in [1.54, 1.807) is 24.3 Å². The van der Waals surface area contributed by atoms with Crippen LogP contribution < -0.4 is 5.32 Å². The summed E-state index contributed by atoms with van der Waals surface area (Å²) in [4.78, 5) is 26.5. The first-order valence-electron chi connectivity index (χ1n) is 9.35. The van der Waals surface area contributed by atoms with Crippen LogP contribution in [0.15, 0.2) is 48.5 Å². The molecule has 5 nitrogen and oxygen atoms in total. The van der Waals surface area contributed by atoms with Gasteiger partial charge < -0.3 is 10.1 Å². The first kappa shape index (κ1) is 19.1. The average molecular weight is 366 g/mol. The molecule has 2 aromatic carbocycles. The van der Waals surface area contributed by atoms with Gasteiger partial charge in [0.1, 0.15) is 0 Å². The summed E-state index contributed by atoms with van der Waals surface area (Å²) in [6, 6.07) is 15.2. The lowest BCUT2D eigenvalue weighted by Crippen LogP contribution is -2.36. The molecular weight excluding hydrogens is 340 g/mol. The molecule has 1 fully saturated rings. The third-order valence-corrected chi connectivity index (χ3v) is 5.07. The van der Waals surface area contributed by atoms with Crippen molar-refractivity contribution >= 4 is 11.9 Å². The zero-order valence-electron chi connectivity index (χ0n) is 15.9. The van der Waals surface area contributed by atoms with E-state index in [-0.39, 0.29) is 11.9 Å². The molecule has 1 amide bonds. The van der Waals surface area contributed by atoms with Crippen LogP contribution in [0.25, 0.3) is 0 Å². The average Bonchev–Trinajstić information content (AvgIpc) is 3.23. The standard InChI is InChI=1S/C22H26N2O3/c1-16-5-7-17(8-6-16)20(24-13-3-4-14-24)15-23-21(25)18-9-11-19(12-10-18)22(26)27-2/h5-12,20H,3-4,13-15H2,1-2H3,(H,23,25). The van der Waals surface area contributed by atoms with Crippen molar-refractivity contribution in [2.24, 2.45) is 0 Å². The molecule has 0 aromatic heterocycles. The minimum Gasteiger partial charge on any atom is -0.465 e. The van der Waals surface area contributed by atoms with Gasteiger partial charge in [0, 0.05) is 12.1 Å². The Morgan fingerprint density at radius 3 is 2.19 bits per heavy atom. The highest BCUT2D eigenvalue weighted by Crippen LogP contribution is 2.25. The van der Waals surface area contributed by atoms with Crippen molar-refractivity contribution in [2.75, 3.05) is 26.7 Å². The third-order valence-electron chi connectivity index (χ3n) is 5.07. The fraction of sp³-hybridized carbons (Fsp3) is 0.364. The Morgan fingerprint density at radius 1 is 1.00 bits per heavy atom. The predicted molar refractivity (Wildman–Crippen MR) is 105 cm³/mol. The molecule has 1 heterocycles. The van der Waals surface area contributed by atoms with Crippen LogP contribution in [0.3, 0.4) is 0 Å². The summed E-state index contributed by atoms with van der Waals surface area (Å²) in [5.41, 5.74) is 3.42. The number of hydrogen-bond acceptors (Lipinski definition) is 4. The second-order valence-corrected chi connectivity index (χ2v) is 6.95. The Balaban J connectivity index is 1.68. The second-order valence-electron chi connectivity index (χ2n) is 6.95. The maximum atomic E-state index is 12.6. The van der Waals surface area contributed by atoms with E-state index in [0.717, 1.165) is 13.1 Å². The first-order valence-corrected chi connectivity index (χ1v) is 9.35. The number of carbonyl (C=O) groups excluding carboxylic acids is 2. The predicted octanol–water partition coefficient (Wildman–Crippen LogP) is 3.35. The van der Waals surface area contributed by atoms with Crippen LogP contribution >= 0.6 is 0 Å². The van der Waals surface area contributed by atoms with Gasteiger partial charge in [-0.15, -0.1) is 0 Å². The highest BCUT2D eigenvalue weighted by molar-refractivity contribution is 5.96. The quantitative estimate of drug-likeness (QED) is 0.797. The molecule has 1 aliphatic rings. The van der Waals surface area contributed by atoms with Crippen LogP contribution in [0.1, 0.15) is 50.7 Å². The topological polar surface area (TPSA) is 58.6 Å². The van der Waals surface area contributed by atoms with Gasteiger partial charge >= 0.3 is 5.97 Å². The van der Waals surface area contributed by atoms with Crippen LogP contribution in [0.2, 0.25) is 0 Å². The fourth-order valence-corrected chi connectivity index (χ4v) is 3.47. The van der Waals surface area contributed by atoms with Crippen LogP contribution in [0.4, 0.5) is 0 Å². The summed E-state index contributed by atoms with van der Waals surface area (Å²) in [6.45, 7) is 4.75. The van der Waals surface area contributed by atoms with Crippen molar-refractivity contribution < 1.29 is 14.3 Å². The van der Waals surface area contributed by atoms with Gasteiger partial charge in [-0.2, -0.15) is 0 Å². The van der Waals surface area contributed by atoms with Crippen LogP contribution in [0, 0.1) is 6.92 Å². The van der Waals surface area contributed by atoms with E-state index >= 15 is 0 Å². The van der Waals surface area contributed by atoms with E-state index in [0.29, 0.717) is 17.7 Å². The van der Waals surface area contributed by atoms with E-state index in [1.807, 2.05) is 0 Å². The van der Waals surface area contributed by atoms with Gasteiger partial charge in [0.05, 0.1) is 18.7 Å². The second kappa shape index (κ2) is 8.82. The SMILES string of the molecule is COC(=O)c1ccc(C(=O)NCC(c2ccc(C)cc2)N2CCCC2)cc1. The molecule has 142 valence electrons. The van der Waals surface area contributed by atoms with Crippen molar-refractivity contribution in [2.45, 2.75) is 25.8 Å². The highest BCUT2D eigenvalue weighted by Gasteiger charge is 2.24. The summed E-state index contributed by atoms with van der Waals surface area (Å²) in [5, 5.41) is 3.05. The number of nitrogens with zero attached hydrogens (tertiary/aromatic N) is 1. The first-order chi connectivity index (χ1) is 13.1. The van der Waals surface area contributed by atoms with Gasteiger partial charge in [0.2, 0.25) is 0 Å². The van der Waals surface area contributed by atoms with Gasteiger partial charge in [-0.25, -0.2) is 4.79 Å². The number of nitrogens with one attached hydrogen (secondary N) is 1. The van der Waals surface area contributed by atoms with Gasteiger partial charge in [-0.1, -0.05) is 29.8 Å². The Morgan fingerprint density at radius 2 is 1.59 bits per heavy atom. The lowest BCUT2D eigenvalue weighted by atomic mass is 10.0. The van der Waals surface area contributed by atoms with Gasteiger partial charge in [0.25, 0.3) is 5.91 Å². The lowest BCUT2D eigenvalue weighted by Gasteiger charge is -2.28. The minimum absolute atomic E-state index is 0.136. The smallest absolute Gasteiger partial charge is 0.337 e. The monoisotopic (exact) mass is 366 g/mol. The molecule has 2 aromatic rings. The van der Waals surface area contributed by atoms with Crippen LogP contribution in [-0.4, -0.2) is 43.5 Å². The van der Waals surface area contributed by atoms with Crippen molar-refractivity contribution in [3.8, 4) is 0 Å². The van der Waals surface area contributed by atoms with Crippen molar-refractivity contribution in [3.05, 3.63) is 70.8 Å². The molecule has 3 rings (SSSR count). The molecule has 1 atom stereocenters. The number of carbonyl (C=O) groups is 2. The van der Waals surface area contributed by atoms with Crippen LogP contribution in [-0.2, 0) is 4.74 Å². The Bertz CT molecular complexity index is 778. The zero-order chi connectivity index (χ0) is 19.2. The molecule has 0 spiro atoms. The Labute approximate surface area is 160 Å². The summed E-state index contributed by atoms with van der Waals surface area (Å²) >= 11 is 0. The molecule has 0 saturated carbocycles. The Kier molecular flexibility index (Phi) is 6.24. The van der Waals surface area contributed by atoms with E-state index in [9.17, 15) is 9.59 Å². The largest absolute Gasteiger partial charge is 0.465 e. The summed E-state index contributed by atoms with van der Waals surface area (Å²) in [5.74, 6) is -0.543. The fourth-order valence-electron chi connectivity index (χ4n) is 3.47. The number of rotatable bonds is 6. The summed E-state index contributed by atoms with van der Waals surface area (Å²) < 4.78 is 4.68. The van der Waals surface area contributed by atoms with E-state index in [1.165, 1.54) is 31.1 Å². The van der Waals surface area contributed by atoms with Crippen molar-refractivity contribution in [3.63, 3.8) is 0 Å². The zero-order valence-corrected chi connectivity index (χ0v) is 15.9. The van der Waals surface area contributed by atoms with Crippen LogP contribution in [0.5, 0.6) is 0 Å². The minimum atomic E-state index is -0.407. The van der Waals surface area contributed by atoms with Crippen molar-refractivity contribution in [1.82, 2.24) is 10.2 Å². The molecule has 0 aliphatic carbocycles.